The van der Waals surface area contributed by atoms with Crippen molar-refractivity contribution < 1.29 is 19.1 Å². The van der Waals surface area contributed by atoms with E-state index in [0.717, 1.165) is 0 Å². The van der Waals surface area contributed by atoms with Gasteiger partial charge in [0.1, 0.15) is 5.78 Å². The van der Waals surface area contributed by atoms with Gasteiger partial charge in [0.05, 0.1) is 0 Å². The molecule has 1 amide bonds. The molecule has 0 aromatic heterocycles. The third-order valence-electron chi connectivity index (χ3n) is 1.65. The fourth-order valence-electron chi connectivity index (χ4n) is 0.872. The van der Waals surface area contributed by atoms with Gasteiger partial charge in [0.25, 0.3) is 0 Å². The summed E-state index contributed by atoms with van der Waals surface area (Å²) in [5.74, 6) is -1.62. The molecule has 0 radical (unpaired) electrons. The Morgan fingerprint density at radius 1 is 1.57 bits per heavy atom. The van der Waals surface area contributed by atoms with Crippen molar-refractivity contribution in [1.29, 1.82) is 0 Å². The van der Waals surface area contributed by atoms with Crippen LogP contribution in [0.5, 0.6) is 0 Å². The van der Waals surface area contributed by atoms with Crippen LogP contribution in [0.3, 0.4) is 0 Å². The Morgan fingerprint density at radius 2 is 2.07 bits per heavy atom. The highest BCUT2D eigenvalue weighted by molar-refractivity contribution is 7.52. The Kier molecular flexibility index (Phi) is 5.05. The van der Waals surface area contributed by atoms with Crippen LogP contribution in [-0.4, -0.2) is 21.5 Å². The van der Waals surface area contributed by atoms with Crippen molar-refractivity contribution >= 4 is 13.5 Å². The minimum atomic E-state index is -4.26. The van der Waals surface area contributed by atoms with Crippen LogP contribution in [0.2, 0.25) is 0 Å². The van der Waals surface area contributed by atoms with Crippen LogP contribution in [0.15, 0.2) is 12.2 Å². The van der Waals surface area contributed by atoms with Crippen molar-refractivity contribution in [1.82, 2.24) is 5.32 Å². The van der Waals surface area contributed by atoms with E-state index in [2.05, 4.69) is 11.9 Å². The Bertz CT molecular complexity index is 271. The molecule has 0 aliphatic carbocycles. The molecule has 1 atom stereocenters. The molecule has 0 saturated carbocycles. The van der Waals surface area contributed by atoms with E-state index in [9.17, 15) is 9.36 Å². The molecule has 0 aromatic carbocycles. The van der Waals surface area contributed by atoms with E-state index in [4.69, 9.17) is 9.79 Å². The minimum absolute atomic E-state index is 0.236. The SMILES string of the molecule is C=C(C)C(=O)NC(CCC)P(=O)(O)O. The predicted molar refractivity (Wildman–Crippen MR) is 53.7 cm³/mol. The van der Waals surface area contributed by atoms with Gasteiger partial charge in [-0.15, -0.1) is 0 Å². The molecule has 82 valence electrons. The molecule has 1 unspecified atom stereocenters. The van der Waals surface area contributed by atoms with Gasteiger partial charge < -0.3 is 15.1 Å². The first-order valence-corrected chi connectivity index (χ1v) is 5.98. The summed E-state index contributed by atoms with van der Waals surface area (Å²) in [6.45, 7) is 6.66. The number of carbonyl (C=O) groups is 1. The molecule has 0 fully saturated rings. The van der Waals surface area contributed by atoms with Gasteiger partial charge in [-0.05, 0) is 13.3 Å². The zero-order valence-electron chi connectivity index (χ0n) is 8.36. The van der Waals surface area contributed by atoms with Crippen molar-refractivity contribution in [2.24, 2.45) is 0 Å². The average Bonchev–Trinajstić information content (AvgIpc) is 2.01. The predicted octanol–water partition coefficient (Wildman–Crippen LogP) is 0.983. The van der Waals surface area contributed by atoms with Crippen LogP contribution in [0.25, 0.3) is 0 Å². The highest BCUT2D eigenvalue weighted by Crippen LogP contribution is 2.41. The second-order valence-corrected chi connectivity index (χ2v) is 4.95. The molecule has 0 saturated heterocycles. The summed E-state index contributed by atoms with van der Waals surface area (Å²) in [4.78, 5) is 28.9. The van der Waals surface area contributed by atoms with E-state index < -0.39 is 19.3 Å². The lowest BCUT2D eigenvalue weighted by atomic mass is 10.3. The first-order valence-electron chi connectivity index (χ1n) is 4.30. The number of carbonyl (C=O) groups excluding carboxylic acids is 1. The van der Waals surface area contributed by atoms with E-state index in [0.29, 0.717) is 6.42 Å². The summed E-state index contributed by atoms with van der Waals surface area (Å²) in [5.41, 5.74) is 0.236. The van der Waals surface area contributed by atoms with Crippen molar-refractivity contribution in [2.75, 3.05) is 0 Å². The van der Waals surface area contributed by atoms with Crippen LogP contribution in [0, 0.1) is 0 Å². The Hall–Kier alpha value is -0.640. The van der Waals surface area contributed by atoms with Gasteiger partial charge in [0, 0.05) is 5.57 Å². The molecule has 0 aliphatic heterocycles. The van der Waals surface area contributed by atoms with Gasteiger partial charge in [-0.25, -0.2) is 0 Å². The normalized spacial score (nSPS) is 13.4. The quantitative estimate of drug-likeness (QED) is 0.477. The highest BCUT2D eigenvalue weighted by Gasteiger charge is 2.29. The molecule has 0 heterocycles. The summed E-state index contributed by atoms with van der Waals surface area (Å²) in [7, 11) is -4.26. The summed E-state index contributed by atoms with van der Waals surface area (Å²) in [5, 5.41) is 2.26. The summed E-state index contributed by atoms with van der Waals surface area (Å²) < 4.78 is 10.9. The van der Waals surface area contributed by atoms with Crippen LogP contribution >= 0.6 is 7.60 Å². The number of nitrogens with one attached hydrogen (secondary N) is 1. The molecular formula is C8H16NO4P. The molecule has 3 N–H and O–H groups in total. The number of hydrogen-bond donors (Lipinski definition) is 3. The maximum Gasteiger partial charge on any atom is 0.347 e. The third-order valence-corrected chi connectivity index (χ3v) is 2.85. The molecule has 0 bridgehead atoms. The average molecular weight is 221 g/mol. The molecule has 0 spiro atoms. The second-order valence-electron chi connectivity index (χ2n) is 3.15. The van der Waals surface area contributed by atoms with Crippen LogP contribution in [0.4, 0.5) is 0 Å². The number of hydrogen-bond acceptors (Lipinski definition) is 2. The summed E-state index contributed by atoms with van der Waals surface area (Å²) in [6.07, 6.45) is 0.843. The molecule has 0 aliphatic rings. The largest absolute Gasteiger partial charge is 0.347 e. The third kappa shape index (κ3) is 4.56. The number of rotatable bonds is 5. The fraction of sp³-hybridized carbons (Fsp3) is 0.625. The van der Waals surface area contributed by atoms with Gasteiger partial charge >= 0.3 is 7.60 Å². The zero-order valence-corrected chi connectivity index (χ0v) is 9.25. The smallest absolute Gasteiger partial charge is 0.338 e. The highest BCUT2D eigenvalue weighted by atomic mass is 31.2. The lowest BCUT2D eigenvalue weighted by Gasteiger charge is -2.19. The lowest BCUT2D eigenvalue weighted by Crippen LogP contribution is -2.34. The van der Waals surface area contributed by atoms with Gasteiger partial charge in [-0.1, -0.05) is 19.9 Å². The molecule has 0 aromatic rings. The van der Waals surface area contributed by atoms with Crippen LogP contribution in [-0.2, 0) is 9.36 Å². The van der Waals surface area contributed by atoms with Crippen molar-refractivity contribution in [3.8, 4) is 0 Å². The van der Waals surface area contributed by atoms with Crippen LogP contribution in [0.1, 0.15) is 26.7 Å². The Balaban J connectivity index is 4.46. The minimum Gasteiger partial charge on any atom is -0.338 e. The zero-order chi connectivity index (χ0) is 11.4. The maximum absolute atomic E-state index is 11.1. The standard InChI is InChI=1S/C8H16NO4P/c1-4-5-7(14(11,12)13)9-8(10)6(2)3/h7H,2,4-5H2,1,3H3,(H,9,10)(H2,11,12,13). The van der Waals surface area contributed by atoms with E-state index in [1.54, 1.807) is 6.92 Å². The lowest BCUT2D eigenvalue weighted by molar-refractivity contribution is -0.117. The molecule has 0 rings (SSSR count). The monoisotopic (exact) mass is 221 g/mol. The van der Waals surface area contributed by atoms with Gasteiger partial charge in [-0.2, -0.15) is 0 Å². The topological polar surface area (TPSA) is 86.6 Å². The summed E-state index contributed by atoms with van der Waals surface area (Å²) in [6, 6.07) is 0. The van der Waals surface area contributed by atoms with Gasteiger partial charge in [0.15, 0.2) is 0 Å². The van der Waals surface area contributed by atoms with Crippen molar-refractivity contribution in [2.45, 2.75) is 32.5 Å². The molecule has 6 heteroatoms. The first kappa shape index (κ1) is 13.4. The van der Waals surface area contributed by atoms with Crippen LogP contribution < -0.4 is 5.32 Å². The fourth-order valence-corrected chi connectivity index (χ4v) is 1.75. The van der Waals surface area contributed by atoms with Gasteiger partial charge in [0.2, 0.25) is 5.91 Å². The van der Waals surface area contributed by atoms with Crippen molar-refractivity contribution in [3.05, 3.63) is 12.2 Å². The first-order chi connectivity index (χ1) is 6.29. The van der Waals surface area contributed by atoms with Crippen molar-refractivity contribution in [3.63, 3.8) is 0 Å². The van der Waals surface area contributed by atoms with Gasteiger partial charge in [-0.3, -0.25) is 9.36 Å². The van der Waals surface area contributed by atoms with E-state index >= 15 is 0 Å². The Morgan fingerprint density at radius 3 is 2.36 bits per heavy atom. The molecular weight excluding hydrogens is 205 g/mol. The van der Waals surface area contributed by atoms with E-state index in [1.807, 2.05) is 0 Å². The summed E-state index contributed by atoms with van der Waals surface area (Å²) >= 11 is 0. The van der Waals surface area contributed by atoms with E-state index in [-0.39, 0.29) is 12.0 Å². The Labute approximate surface area is 83.4 Å². The second kappa shape index (κ2) is 5.29. The molecule has 14 heavy (non-hydrogen) atoms. The maximum atomic E-state index is 11.1. The number of amides is 1. The molecule has 5 nitrogen and oxygen atoms in total. The van der Waals surface area contributed by atoms with E-state index in [1.165, 1.54) is 6.92 Å².